The summed E-state index contributed by atoms with van der Waals surface area (Å²) in [6, 6.07) is 8.10. The number of carbonyl (C=O) groups excluding carboxylic acids is 1. The highest BCUT2D eigenvalue weighted by Gasteiger charge is 1.96. The molecule has 0 unspecified atom stereocenters. The number of hydrogen-bond acceptors (Lipinski definition) is 2. The standard InChI is InChI=1S/C10H12OS/c1-8(11)7-9-3-5-10(12-2)6-4-9/h3-6H,7H2,1-2H3. The average Bonchev–Trinajstić information content (AvgIpc) is 2.05. The quantitative estimate of drug-likeness (QED) is 0.665. The normalized spacial score (nSPS) is 9.83. The second kappa shape index (κ2) is 4.31. The van der Waals surface area contributed by atoms with Crippen LogP contribution in [0.1, 0.15) is 12.5 Å². The third kappa shape index (κ3) is 2.70. The van der Waals surface area contributed by atoms with Crippen LogP contribution in [0.15, 0.2) is 29.2 Å². The van der Waals surface area contributed by atoms with Crippen molar-refractivity contribution in [2.75, 3.05) is 6.26 Å². The minimum atomic E-state index is 0.215. The Morgan fingerprint density at radius 3 is 2.33 bits per heavy atom. The molecule has 0 fully saturated rings. The van der Waals surface area contributed by atoms with Gasteiger partial charge in [-0.3, -0.25) is 4.79 Å². The van der Waals surface area contributed by atoms with Gasteiger partial charge in [0.1, 0.15) is 5.78 Å². The molecule has 12 heavy (non-hydrogen) atoms. The first-order valence-corrected chi connectivity index (χ1v) is 5.07. The van der Waals surface area contributed by atoms with Gasteiger partial charge in [0.25, 0.3) is 0 Å². The summed E-state index contributed by atoms with van der Waals surface area (Å²) in [6.07, 6.45) is 2.59. The minimum Gasteiger partial charge on any atom is -0.300 e. The van der Waals surface area contributed by atoms with Gasteiger partial charge in [-0.2, -0.15) is 0 Å². The summed E-state index contributed by atoms with van der Waals surface area (Å²) >= 11 is 1.71. The number of benzene rings is 1. The molecule has 0 amide bonds. The van der Waals surface area contributed by atoms with E-state index in [2.05, 4.69) is 0 Å². The molecule has 1 aromatic carbocycles. The van der Waals surface area contributed by atoms with E-state index in [1.807, 2.05) is 30.5 Å². The van der Waals surface area contributed by atoms with Crippen molar-refractivity contribution in [3.63, 3.8) is 0 Å². The topological polar surface area (TPSA) is 17.1 Å². The van der Waals surface area contributed by atoms with Gasteiger partial charge in [-0.15, -0.1) is 11.8 Å². The molecule has 2 heteroatoms. The molecule has 1 nitrogen and oxygen atoms in total. The maximum absolute atomic E-state index is 10.8. The largest absolute Gasteiger partial charge is 0.300 e. The Bertz CT molecular complexity index is 264. The van der Waals surface area contributed by atoms with Gasteiger partial charge in [-0.05, 0) is 30.9 Å². The van der Waals surface area contributed by atoms with Crippen molar-refractivity contribution >= 4 is 17.5 Å². The molecule has 1 aromatic rings. The molecule has 0 aromatic heterocycles. The summed E-state index contributed by atoms with van der Waals surface area (Å²) in [4.78, 5) is 12.0. The molecule has 0 aliphatic heterocycles. The minimum absolute atomic E-state index is 0.215. The molecule has 1 rings (SSSR count). The van der Waals surface area contributed by atoms with Gasteiger partial charge in [-0.25, -0.2) is 0 Å². The van der Waals surface area contributed by atoms with Crippen LogP contribution in [-0.4, -0.2) is 12.0 Å². The lowest BCUT2D eigenvalue weighted by Crippen LogP contribution is -1.95. The summed E-state index contributed by atoms with van der Waals surface area (Å²) in [5.41, 5.74) is 1.10. The Hall–Kier alpha value is -0.760. The number of carbonyl (C=O) groups is 1. The first-order chi connectivity index (χ1) is 5.72. The zero-order valence-corrected chi connectivity index (χ0v) is 8.15. The first kappa shape index (κ1) is 9.33. The molecule has 0 aliphatic carbocycles. The van der Waals surface area contributed by atoms with Crippen molar-refractivity contribution in [1.29, 1.82) is 0 Å². The molecule has 0 bridgehead atoms. The van der Waals surface area contributed by atoms with E-state index >= 15 is 0 Å². The summed E-state index contributed by atoms with van der Waals surface area (Å²) in [5.74, 6) is 0.215. The molecular formula is C10H12OS. The number of ketones is 1. The maximum Gasteiger partial charge on any atom is 0.134 e. The number of thioether (sulfide) groups is 1. The smallest absolute Gasteiger partial charge is 0.134 e. The number of Topliss-reactive ketones (excluding diaryl/α,β-unsaturated/α-hetero) is 1. The first-order valence-electron chi connectivity index (χ1n) is 3.84. The summed E-state index contributed by atoms with van der Waals surface area (Å²) in [6.45, 7) is 1.61. The van der Waals surface area contributed by atoms with Crippen LogP contribution in [0.4, 0.5) is 0 Å². The zero-order valence-electron chi connectivity index (χ0n) is 7.33. The molecule has 0 N–H and O–H groups in total. The van der Waals surface area contributed by atoms with Crippen LogP contribution >= 0.6 is 11.8 Å². The van der Waals surface area contributed by atoms with Gasteiger partial charge in [0.2, 0.25) is 0 Å². The Kier molecular flexibility index (Phi) is 3.35. The van der Waals surface area contributed by atoms with Crippen molar-refractivity contribution in [3.8, 4) is 0 Å². The van der Waals surface area contributed by atoms with Gasteiger partial charge in [0.15, 0.2) is 0 Å². The summed E-state index contributed by atoms with van der Waals surface area (Å²) in [5, 5.41) is 0. The molecule has 64 valence electrons. The highest BCUT2D eigenvalue weighted by Crippen LogP contribution is 2.14. The summed E-state index contributed by atoms with van der Waals surface area (Å²) in [7, 11) is 0. The van der Waals surface area contributed by atoms with Crippen LogP contribution in [0.25, 0.3) is 0 Å². The monoisotopic (exact) mass is 180 g/mol. The molecule has 0 aliphatic rings. The molecule has 0 radical (unpaired) electrons. The SMILES string of the molecule is CSc1ccc(CC(C)=O)cc1. The van der Waals surface area contributed by atoms with Crippen molar-refractivity contribution in [2.45, 2.75) is 18.2 Å². The van der Waals surface area contributed by atoms with E-state index in [9.17, 15) is 4.79 Å². The van der Waals surface area contributed by atoms with E-state index in [1.54, 1.807) is 18.7 Å². The fraction of sp³-hybridized carbons (Fsp3) is 0.300. The Morgan fingerprint density at radius 2 is 1.92 bits per heavy atom. The van der Waals surface area contributed by atoms with E-state index in [0.29, 0.717) is 6.42 Å². The molecule has 0 spiro atoms. The molecule has 0 saturated heterocycles. The van der Waals surface area contributed by atoms with Crippen LogP contribution in [0, 0.1) is 0 Å². The van der Waals surface area contributed by atoms with Crippen LogP contribution in [0.5, 0.6) is 0 Å². The third-order valence-corrected chi connectivity index (χ3v) is 2.36. The fourth-order valence-corrected chi connectivity index (χ4v) is 1.44. The van der Waals surface area contributed by atoms with E-state index in [0.717, 1.165) is 5.56 Å². The lowest BCUT2D eigenvalue weighted by Gasteiger charge is -1.98. The van der Waals surface area contributed by atoms with Crippen LogP contribution in [-0.2, 0) is 11.2 Å². The molecule has 0 heterocycles. The van der Waals surface area contributed by atoms with E-state index in [4.69, 9.17) is 0 Å². The predicted octanol–water partition coefficient (Wildman–Crippen LogP) is 2.54. The number of rotatable bonds is 3. The Labute approximate surface area is 77.2 Å². The Balaban J connectivity index is 2.71. The van der Waals surface area contributed by atoms with Gasteiger partial charge in [0, 0.05) is 11.3 Å². The van der Waals surface area contributed by atoms with Gasteiger partial charge in [0.05, 0.1) is 0 Å². The van der Waals surface area contributed by atoms with Crippen LogP contribution in [0.3, 0.4) is 0 Å². The fourth-order valence-electron chi connectivity index (χ4n) is 1.03. The Morgan fingerprint density at radius 1 is 1.33 bits per heavy atom. The van der Waals surface area contributed by atoms with Gasteiger partial charge < -0.3 is 0 Å². The summed E-state index contributed by atoms with van der Waals surface area (Å²) < 4.78 is 0. The van der Waals surface area contributed by atoms with E-state index < -0.39 is 0 Å². The zero-order chi connectivity index (χ0) is 8.97. The van der Waals surface area contributed by atoms with Crippen molar-refractivity contribution in [3.05, 3.63) is 29.8 Å². The second-order valence-corrected chi connectivity index (χ2v) is 3.61. The highest BCUT2D eigenvalue weighted by molar-refractivity contribution is 7.98. The molecule has 0 atom stereocenters. The lowest BCUT2D eigenvalue weighted by atomic mass is 10.1. The second-order valence-electron chi connectivity index (χ2n) is 2.73. The number of hydrogen-bond donors (Lipinski definition) is 0. The molecule has 0 saturated carbocycles. The average molecular weight is 180 g/mol. The van der Waals surface area contributed by atoms with Crippen molar-refractivity contribution in [1.82, 2.24) is 0 Å². The van der Waals surface area contributed by atoms with Crippen LogP contribution < -0.4 is 0 Å². The highest BCUT2D eigenvalue weighted by atomic mass is 32.2. The van der Waals surface area contributed by atoms with Crippen LogP contribution in [0.2, 0.25) is 0 Å². The molecular weight excluding hydrogens is 168 g/mol. The van der Waals surface area contributed by atoms with Gasteiger partial charge in [-0.1, -0.05) is 12.1 Å². The van der Waals surface area contributed by atoms with Crippen molar-refractivity contribution in [2.24, 2.45) is 0 Å². The van der Waals surface area contributed by atoms with E-state index in [1.165, 1.54) is 4.90 Å². The van der Waals surface area contributed by atoms with Crippen molar-refractivity contribution < 1.29 is 4.79 Å². The predicted molar refractivity (Wildman–Crippen MR) is 52.6 cm³/mol. The third-order valence-electron chi connectivity index (χ3n) is 1.61. The lowest BCUT2D eigenvalue weighted by molar-refractivity contribution is -0.116. The maximum atomic E-state index is 10.8. The van der Waals surface area contributed by atoms with E-state index in [-0.39, 0.29) is 5.78 Å². The van der Waals surface area contributed by atoms with Gasteiger partial charge >= 0.3 is 0 Å².